The van der Waals surface area contributed by atoms with Gasteiger partial charge < -0.3 is 10.1 Å². The van der Waals surface area contributed by atoms with Gasteiger partial charge in [0, 0.05) is 10.5 Å². The van der Waals surface area contributed by atoms with Crippen molar-refractivity contribution in [2.75, 3.05) is 6.61 Å². The van der Waals surface area contributed by atoms with Gasteiger partial charge in [0.2, 0.25) is 0 Å². The minimum Gasteiger partial charge on any atom is -0.455 e. The van der Waals surface area contributed by atoms with Gasteiger partial charge in [-0.25, -0.2) is 4.79 Å². The lowest BCUT2D eigenvalue weighted by Gasteiger charge is -2.11. The van der Waals surface area contributed by atoms with Crippen LogP contribution in [0.3, 0.4) is 0 Å². The van der Waals surface area contributed by atoms with Gasteiger partial charge in [-0.2, -0.15) is 0 Å². The average molecular weight is 371 g/mol. The predicted molar refractivity (Wildman–Crippen MR) is 85.2 cm³/mol. The lowest BCUT2D eigenvalue weighted by molar-refractivity contribution is -0.147. The van der Waals surface area contributed by atoms with E-state index in [4.69, 9.17) is 4.74 Å². The largest absolute Gasteiger partial charge is 0.455 e. The Morgan fingerprint density at radius 3 is 2.45 bits per heavy atom. The van der Waals surface area contributed by atoms with Crippen LogP contribution in [-0.2, 0) is 20.7 Å². The van der Waals surface area contributed by atoms with Crippen molar-refractivity contribution in [2.45, 2.75) is 32.7 Å². The van der Waals surface area contributed by atoms with Crippen LogP contribution in [0.1, 0.15) is 25.8 Å². The zero-order valence-corrected chi connectivity index (χ0v) is 14.1. The Morgan fingerprint density at radius 2 is 1.86 bits per heavy atom. The molecule has 0 aliphatic carbocycles. The van der Waals surface area contributed by atoms with Crippen LogP contribution >= 0.6 is 15.9 Å². The first-order chi connectivity index (χ1) is 10.4. The minimum atomic E-state index is -0.662. The number of hydrogen-bond acceptors (Lipinski definition) is 4. The molecule has 0 radical (unpaired) electrons. The van der Waals surface area contributed by atoms with E-state index in [9.17, 15) is 14.4 Å². The Morgan fingerprint density at radius 1 is 1.23 bits per heavy atom. The molecular weight excluding hydrogens is 352 g/mol. The molecule has 0 spiro atoms. The fourth-order valence-corrected chi connectivity index (χ4v) is 1.75. The van der Waals surface area contributed by atoms with Crippen molar-refractivity contribution < 1.29 is 19.1 Å². The van der Waals surface area contributed by atoms with Crippen LogP contribution in [0.25, 0.3) is 0 Å². The van der Waals surface area contributed by atoms with Crippen LogP contribution in [0, 0.1) is 0 Å². The number of rotatable bonds is 6. The summed E-state index contributed by atoms with van der Waals surface area (Å²) in [6, 6.07) is 6.56. The molecule has 1 atom stereocenters. The van der Waals surface area contributed by atoms with Gasteiger partial charge in [-0.3, -0.25) is 14.9 Å². The summed E-state index contributed by atoms with van der Waals surface area (Å²) in [6.07, 6.45) is 0.823. The number of hydrogen-bond donors (Lipinski definition) is 2. The number of ether oxygens (including phenoxy) is 1. The minimum absolute atomic E-state index is 0.0345. The molecule has 1 aromatic carbocycles. The van der Waals surface area contributed by atoms with E-state index in [1.807, 2.05) is 26.0 Å². The summed E-state index contributed by atoms with van der Waals surface area (Å²) in [4.78, 5) is 34.5. The molecule has 1 aromatic rings. The SMILES string of the molecule is CC[C@H](C)NC(=O)NC(=O)COC(=O)Cc1ccc(Br)cc1. The number of halogens is 1. The Hall–Kier alpha value is -1.89. The fourth-order valence-electron chi connectivity index (χ4n) is 1.49. The van der Waals surface area contributed by atoms with E-state index in [-0.39, 0.29) is 12.5 Å². The highest BCUT2D eigenvalue weighted by Crippen LogP contribution is 2.11. The lowest BCUT2D eigenvalue weighted by atomic mass is 10.2. The number of esters is 1. The molecule has 7 heteroatoms. The molecular formula is C15H19BrN2O4. The zero-order chi connectivity index (χ0) is 16.5. The van der Waals surface area contributed by atoms with Crippen molar-refractivity contribution in [1.82, 2.24) is 10.6 Å². The Labute approximate surface area is 137 Å². The van der Waals surface area contributed by atoms with Gasteiger partial charge in [0.15, 0.2) is 6.61 Å². The number of imide groups is 1. The van der Waals surface area contributed by atoms with Gasteiger partial charge in [-0.15, -0.1) is 0 Å². The molecule has 120 valence electrons. The smallest absolute Gasteiger partial charge is 0.321 e. The normalized spacial score (nSPS) is 11.4. The molecule has 2 N–H and O–H groups in total. The number of carbonyl (C=O) groups is 3. The second kappa shape index (κ2) is 9.19. The van der Waals surface area contributed by atoms with E-state index >= 15 is 0 Å². The van der Waals surface area contributed by atoms with Gasteiger partial charge in [0.1, 0.15) is 0 Å². The maximum Gasteiger partial charge on any atom is 0.321 e. The number of benzene rings is 1. The van der Waals surface area contributed by atoms with Crippen molar-refractivity contribution in [2.24, 2.45) is 0 Å². The molecule has 0 aliphatic rings. The van der Waals surface area contributed by atoms with Crippen molar-refractivity contribution in [1.29, 1.82) is 0 Å². The Balaban J connectivity index is 2.30. The van der Waals surface area contributed by atoms with Crippen molar-refractivity contribution in [3.8, 4) is 0 Å². The summed E-state index contributed by atoms with van der Waals surface area (Å²) in [5, 5.41) is 4.68. The molecule has 0 saturated carbocycles. The summed E-state index contributed by atoms with van der Waals surface area (Å²) in [7, 11) is 0. The molecule has 0 heterocycles. The predicted octanol–water partition coefficient (Wildman–Crippen LogP) is 2.16. The van der Waals surface area contributed by atoms with E-state index in [1.165, 1.54) is 0 Å². The number of urea groups is 1. The molecule has 22 heavy (non-hydrogen) atoms. The summed E-state index contributed by atoms with van der Waals surface area (Å²) in [5.74, 6) is -1.19. The van der Waals surface area contributed by atoms with Gasteiger partial charge in [0.25, 0.3) is 5.91 Å². The van der Waals surface area contributed by atoms with Crippen LogP contribution in [0.4, 0.5) is 4.79 Å². The van der Waals surface area contributed by atoms with Crippen LogP contribution in [0.5, 0.6) is 0 Å². The molecule has 0 aliphatic heterocycles. The Bertz CT molecular complexity index is 531. The van der Waals surface area contributed by atoms with Crippen molar-refractivity contribution in [3.05, 3.63) is 34.3 Å². The van der Waals surface area contributed by atoms with E-state index < -0.39 is 24.5 Å². The third kappa shape index (κ3) is 7.21. The second-order valence-electron chi connectivity index (χ2n) is 4.79. The number of amides is 3. The van der Waals surface area contributed by atoms with E-state index in [0.717, 1.165) is 16.5 Å². The van der Waals surface area contributed by atoms with Gasteiger partial charge >= 0.3 is 12.0 Å². The van der Waals surface area contributed by atoms with Crippen molar-refractivity contribution in [3.63, 3.8) is 0 Å². The second-order valence-corrected chi connectivity index (χ2v) is 5.71. The molecule has 3 amide bonds. The first-order valence-corrected chi connectivity index (χ1v) is 7.70. The Kier molecular flexibility index (Phi) is 7.59. The number of nitrogens with one attached hydrogen (secondary N) is 2. The quantitative estimate of drug-likeness (QED) is 0.751. The van der Waals surface area contributed by atoms with Crippen LogP contribution in [-0.4, -0.2) is 30.6 Å². The van der Waals surface area contributed by atoms with Crippen LogP contribution in [0.15, 0.2) is 28.7 Å². The summed E-state index contributed by atoms with van der Waals surface area (Å²) in [5.41, 5.74) is 0.781. The standard InChI is InChI=1S/C15H19BrN2O4/c1-3-10(2)17-15(21)18-13(19)9-22-14(20)8-11-4-6-12(16)7-5-11/h4-7,10H,3,8-9H2,1-2H3,(H2,17,18,19,21)/t10-/m0/s1. The van der Waals surface area contributed by atoms with Gasteiger partial charge in [0.05, 0.1) is 6.42 Å². The first-order valence-electron chi connectivity index (χ1n) is 6.91. The van der Waals surface area contributed by atoms with Gasteiger partial charge in [-0.05, 0) is 31.0 Å². The highest BCUT2D eigenvalue weighted by Gasteiger charge is 2.12. The molecule has 0 unspecified atom stereocenters. The summed E-state index contributed by atoms with van der Waals surface area (Å²) < 4.78 is 5.74. The third-order valence-corrected chi connectivity index (χ3v) is 3.40. The maximum absolute atomic E-state index is 11.6. The molecule has 1 rings (SSSR count). The van der Waals surface area contributed by atoms with E-state index in [1.54, 1.807) is 12.1 Å². The van der Waals surface area contributed by atoms with Gasteiger partial charge in [-0.1, -0.05) is 35.0 Å². The molecule has 0 bridgehead atoms. The van der Waals surface area contributed by atoms with Crippen LogP contribution in [0.2, 0.25) is 0 Å². The van der Waals surface area contributed by atoms with Crippen molar-refractivity contribution >= 4 is 33.8 Å². The van der Waals surface area contributed by atoms with Crippen LogP contribution < -0.4 is 10.6 Å². The summed E-state index contributed by atoms with van der Waals surface area (Å²) >= 11 is 3.30. The van der Waals surface area contributed by atoms with E-state index in [2.05, 4.69) is 26.6 Å². The topological polar surface area (TPSA) is 84.5 Å². The monoisotopic (exact) mass is 370 g/mol. The first kappa shape index (κ1) is 18.2. The third-order valence-electron chi connectivity index (χ3n) is 2.87. The molecule has 0 fully saturated rings. The highest BCUT2D eigenvalue weighted by molar-refractivity contribution is 9.10. The lowest BCUT2D eigenvalue weighted by Crippen LogP contribution is -2.44. The molecule has 0 saturated heterocycles. The van der Waals surface area contributed by atoms with E-state index in [0.29, 0.717) is 0 Å². The highest BCUT2D eigenvalue weighted by atomic mass is 79.9. The zero-order valence-electron chi connectivity index (χ0n) is 12.5. The fraction of sp³-hybridized carbons (Fsp3) is 0.400. The number of carbonyl (C=O) groups excluding carboxylic acids is 3. The molecule has 0 aromatic heterocycles. The molecule has 6 nitrogen and oxygen atoms in total. The average Bonchev–Trinajstić information content (AvgIpc) is 2.47. The maximum atomic E-state index is 11.6. The summed E-state index contributed by atoms with van der Waals surface area (Å²) in [6.45, 7) is 3.25.